The zero-order valence-electron chi connectivity index (χ0n) is 12.5. The molecule has 1 aromatic carbocycles. The summed E-state index contributed by atoms with van der Waals surface area (Å²) in [7, 11) is 0. The van der Waals surface area contributed by atoms with Gasteiger partial charge in [0.15, 0.2) is 0 Å². The fraction of sp³-hybridized carbons (Fsp3) is 0.200. The first kappa shape index (κ1) is 15.2. The highest BCUT2D eigenvalue weighted by molar-refractivity contribution is 6.31. The fourth-order valence-corrected chi connectivity index (χ4v) is 2.33. The van der Waals surface area contributed by atoms with E-state index in [0.29, 0.717) is 29.4 Å². The minimum Gasteiger partial charge on any atom is -0.324 e. The Hall–Kier alpha value is -2.67. The molecule has 0 spiro atoms. The highest BCUT2D eigenvalue weighted by Gasteiger charge is 2.10. The molecule has 0 bridgehead atoms. The second kappa shape index (κ2) is 6.62. The average Bonchev–Trinajstić information content (AvgIpc) is 3.17. The smallest absolute Gasteiger partial charge is 0.226 e. The molecule has 8 heteroatoms. The summed E-state index contributed by atoms with van der Waals surface area (Å²) in [5, 5.41) is 11.6. The lowest BCUT2D eigenvalue weighted by atomic mass is 10.2. The lowest BCUT2D eigenvalue weighted by molar-refractivity contribution is -0.116. The Kier molecular flexibility index (Phi) is 4.38. The van der Waals surface area contributed by atoms with E-state index in [1.807, 2.05) is 13.1 Å². The summed E-state index contributed by atoms with van der Waals surface area (Å²) < 4.78 is 3.31. The number of anilines is 1. The van der Waals surface area contributed by atoms with Crippen molar-refractivity contribution in [3.05, 3.63) is 53.8 Å². The third-order valence-corrected chi connectivity index (χ3v) is 3.46. The van der Waals surface area contributed by atoms with Gasteiger partial charge in [0.2, 0.25) is 5.91 Å². The molecule has 2 heterocycles. The molecule has 23 heavy (non-hydrogen) atoms. The molecule has 118 valence electrons. The Bertz CT molecular complexity index is 811. The number of amides is 1. The third kappa shape index (κ3) is 3.75. The molecule has 0 radical (unpaired) electrons. The van der Waals surface area contributed by atoms with Crippen LogP contribution in [0.15, 0.2) is 43.2 Å². The van der Waals surface area contributed by atoms with E-state index in [1.165, 1.54) is 6.33 Å². The van der Waals surface area contributed by atoms with Crippen molar-refractivity contribution < 1.29 is 4.79 Å². The molecule has 0 unspecified atom stereocenters. The topological polar surface area (TPSA) is 77.6 Å². The molecule has 1 amide bonds. The Morgan fingerprint density at radius 3 is 2.91 bits per heavy atom. The predicted octanol–water partition coefficient (Wildman–Crippen LogP) is 2.45. The number of benzene rings is 1. The number of aryl methyl sites for hydroxylation is 2. The molecule has 0 saturated heterocycles. The Balaban J connectivity index is 1.71. The molecule has 7 nitrogen and oxygen atoms in total. The number of aromatic nitrogens is 5. The molecular weight excluding hydrogens is 316 g/mol. The molecule has 0 fully saturated rings. The van der Waals surface area contributed by atoms with Crippen LogP contribution in [0.4, 0.5) is 5.69 Å². The van der Waals surface area contributed by atoms with E-state index in [2.05, 4.69) is 20.5 Å². The Morgan fingerprint density at radius 2 is 2.22 bits per heavy atom. The number of hydrogen-bond acceptors (Lipinski definition) is 4. The monoisotopic (exact) mass is 330 g/mol. The van der Waals surface area contributed by atoms with Gasteiger partial charge in [-0.05, 0) is 30.7 Å². The van der Waals surface area contributed by atoms with Crippen LogP contribution in [0, 0.1) is 6.92 Å². The number of nitrogens with zero attached hydrogens (tertiary/aromatic N) is 5. The lowest BCUT2D eigenvalue weighted by Crippen LogP contribution is -2.16. The van der Waals surface area contributed by atoms with Crippen LogP contribution >= 0.6 is 11.6 Å². The summed E-state index contributed by atoms with van der Waals surface area (Å²) in [5.41, 5.74) is 2.36. The standard InChI is InChI=1S/C15H15ClN6O/c1-11-7-18-21(8-11)5-4-15(23)20-13-6-12(16)2-3-14(13)22-10-17-9-19-22/h2-3,6-10H,4-5H2,1H3,(H,20,23). The first-order valence-electron chi connectivity index (χ1n) is 7.05. The highest BCUT2D eigenvalue weighted by Crippen LogP contribution is 2.24. The maximum atomic E-state index is 12.2. The summed E-state index contributed by atoms with van der Waals surface area (Å²) in [6.07, 6.45) is 6.96. The number of hydrogen-bond donors (Lipinski definition) is 1. The number of rotatable bonds is 5. The van der Waals surface area contributed by atoms with E-state index in [0.717, 1.165) is 5.56 Å². The zero-order valence-corrected chi connectivity index (χ0v) is 13.2. The summed E-state index contributed by atoms with van der Waals surface area (Å²) in [6, 6.07) is 5.21. The third-order valence-electron chi connectivity index (χ3n) is 3.23. The highest BCUT2D eigenvalue weighted by atomic mass is 35.5. The fourth-order valence-electron chi connectivity index (χ4n) is 2.16. The summed E-state index contributed by atoms with van der Waals surface area (Å²) in [5.74, 6) is -0.123. The number of nitrogens with one attached hydrogen (secondary N) is 1. The van der Waals surface area contributed by atoms with Crippen molar-refractivity contribution in [1.29, 1.82) is 0 Å². The van der Waals surface area contributed by atoms with Gasteiger partial charge in [0.25, 0.3) is 0 Å². The maximum Gasteiger partial charge on any atom is 0.226 e. The molecule has 0 aliphatic heterocycles. The van der Waals surface area contributed by atoms with Crippen molar-refractivity contribution >= 4 is 23.2 Å². The molecule has 0 atom stereocenters. The minimum atomic E-state index is -0.123. The first-order chi connectivity index (χ1) is 11.1. The van der Waals surface area contributed by atoms with E-state index < -0.39 is 0 Å². The van der Waals surface area contributed by atoms with Crippen LogP contribution in [0.1, 0.15) is 12.0 Å². The van der Waals surface area contributed by atoms with Gasteiger partial charge >= 0.3 is 0 Å². The summed E-state index contributed by atoms with van der Waals surface area (Å²) >= 11 is 6.03. The second-order valence-electron chi connectivity index (χ2n) is 5.08. The van der Waals surface area contributed by atoms with Gasteiger partial charge < -0.3 is 5.32 Å². The van der Waals surface area contributed by atoms with Crippen molar-refractivity contribution in [1.82, 2.24) is 24.5 Å². The number of halogens is 1. The van der Waals surface area contributed by atoms with Gasteiger partial charge in [-0.15, -0.1) is 0 Å². The number of carbonyl (C=O) groups excluding carboxylic acids is 1. The van der Waals surface area contributed by atoms with Crippen molar-refractivity contribution in [2.24, 2.45) is 0 Å². The SMILES string of the molecule is Cc1cnn(CCC(=O)Nc2cc(Cl)ccc2-n2cncn2)c1. The number of carbonyl (C=O) groups is 1. The molecule has 1 N–H and O–H groups in total. The van der Waals surface area contributed by atoms with E-state index in [9.17, 15) is 4.79 Å². The molecule has 0 aliphatic rings. The van der Waals surface area contributed by atoms with Crippen LogP contribution in [0.2, 0.25) is 5.02 Å². The zero-order chi connectivity index (χ0) is 16.2. The molecule has 2 aromatic heterocycles. The molecular formula is C15H15ClN6O. The van der Waals surface area contributed by atoms with Crippen LogP contribution in [0.5, 0.6) is 0 Å². The molecule has 0 aliphatic carbocycles. The average molecular weight is 331 g/mol. The van der Waals surface area contributed by atoms with Crippen molar-refractivity contribution in [3.8, 4) is 5.69 Å². The van der Waals surface area contributed by atoms with Gasteiger partial charge in [0, 0.05) is 24.2 Å². The van der Waals surface area contributed by atoms with E-state index in [1.54, 1.807) is 40.1 Å². The molecule has 3 aromatic rings. The van der Waals surface area contributed by atoms with E-state index >= 15 is 0 Å². The van der Waals surface area contributed by atoms with Crippen LogP contribution in [-0.4, -0.2) is 30.5 Å². The second-order valence-corrected chi connectivity index (χ2v) is 5.52. The molecule has 3 rings (SSSR count). The largest absolute Gasteiger partial charge is 0.324 e. The van der Waals surface area contributed by atoms with Crippen LogP contribution in [-0.2, 0) is 11.3 Å². The van der Waals surface area contributed by atoms with Gasteiger partial charge in [0.1, 0.15) is 12.7 Å². The van der Waals surface area contributed by atoms with Gasteiger partial charge in [-0.3, -0.25) is 9.48 Å². The van der Waals surface area contributed by atoms with Crippen LogP contribution in [0.3, 0.4) is 0 Å². The minimum absolute atomic E-state index is 0.123. The summed E-state index contributed by atoms with van der Waals surface area (Å²) in [6.45, 7) is 2.47. The first-order valence-corrected chi connectivity index (χ1v) is 7.43. The maximum absolute atomic E-state index is 12.2. The van der Waals surface area contributed by atoms with Gasteiger partial charge in [-0.2, -0.15) is 10.2 Å². The van der Waals surface area contributed by atoms with Gasteiger partial charge in [-0.25, -0.2) is 9.67 Å². The van der Waals surface area contributed by atoms with E-state index in [-0.39, 0.29) is 5.91 Å². The van der Waals surface area contributed by atoms with Gasteiger partial charge in [-0.1, -0.05) is 11.6 Å². The van der Waals surface area contributed by atoms with Gasteiger partial charge in [0.05, 0.1) is 17.6 Å². The van der Waals surface area contributed by atoms with Crippen molar-refractivity contribution in [2.45, 2.75) is 19.9 Å². The quantitative estimate of drug-likeness (QED) is 0.779. The normalized spacial score (nSPS) is 10.7. The van der Waals surface area contributed by atoms with Crippen LogP contribution in [0.25, 0.3) is 5.69 Å². The van der Waals surface area contributed by atoms with Crippen molar-refractivity contribution in [3.63, 3.8) is 0 Å². The van der Waals surface area contributed by atoms with Crippen LogP contribution < -0.4 is 5.32 Å². The Labute approximate surface area is 137 Å². The predicted molar refractivity (Wildman–Crippen MR) is 86.6 cm³/mol. The van der Waals surface area contributed by atoms with E-state index in [4.69, 9.17) is 11.6 Å². The molecule has 0 saturated carbocycles. The van der Waals surface area contributed by atoms with Crippen molar-refractivity contribution in [2.75, 3.05) is 5.32 Å². The lowest BCUT2D eigenvalue weighted by Gasteiger charge is -2.11. The summed E-state index contributed by atoms with van der Waals surface area (Å²) in [4.78, 5) is 16.1. The Morgan fingerprint density at radius 1 is 1.35 bits per heavy atom.